The molecule has 1 aromatic rings. The van der Waals surface area contributed by atoms with Crippen LogP contribution in [-0.4, -0.2) is 46.5 Å². The van der Waals surface area contributed by atoms with Gasteiger partial charge in [-0.05, 0) is 26.0 Å². The van der Waals surface area contributed by atoms with Gasteiger partial charge in [0.25, 0.3) is 0 Å². The zero-order chi connectivity index (χ0) is 13.0. The Hall–Kier alpha value is -1.42. The molecule has 0 bridgehead atoms. The minimum Gasteiger partial charge on any atom is -0.340 e. The summed E-state index contributed by atoms with van der Waals surface area (Å²) in [6.07, 6.45) is 0. The van der Waals surface area contributed by atoms with Crippen LogP contribution in [0.1, 0.15) is 13.8 Å². The fourth-order valence-corrected chi connectivity index (χ4v) is 2.64. The van der Waals surface area contributed by atoms with Gasteiger partial charge < -0.3 is 5.32 Å². The van der Waals surface area contributed by atoms with Crippen LogP contribution < -0.4 is 5.32 Å². The third-order valence-corrected chi connectivity index (χ3v) is 3.52. The predicted octanol–water partition coefficient (Wildman–Crippen LogP) is 2.19. The highest BCUT2D eigenvalue weighted by Gasteiger charge is 2.31. The Labute approximate surface area is 114 Å². The average molecular weight is 262 g/mol. The summed E-state index contributed by atoms with van der Waals surface area (Å²) in [4.78, 5) is 3.16. The second-order valence-electron chi connectivity index (χ2n) is 4.30. The highest BCUT2D eigenvalue weighted by atomic mass is 32.1. The van der Waals surface area contributed by atoms with Crippen LogP contribution in [0.15, 0.2) is 30.3 Å². The van der Waals surface area contributed by atoms with Crippen molar-refractivity contribution in [3.8, 4) is 0 Å². The Kier molecular flexibility index (Phi) is 4.31. The Bertz CT molecular complexity index is 453. The minimum absolute atomic E-state index is 0.822. The van der Waals surface area contributed by atoms with Crippen molar-refractivity contribution in [1.82, 2.24) is 4.90 Å². The number of rotatable bonds is 4. The van der Waals surface area contributed by atoms with Crippen molar-refractivity contribution >= 4 is 28.7 Å². The number of hydrogen-bond acceptors (Lipinski definition) is 2. The van der Waals surface area contributed by atoms with Gasteiger partial charge in [-0.2, -0.15) is 0 Å². The third-order valence-electron chi connectivity index (χ3n) is 3.24. The van der Waals surface area contributed by atoms with E-state index in [1.165, 1.54) is 5.84 Å². The molecule has 0 fully saturated rings. The Balaban J connectivity index is 2.17. The molecule has 18 heavy (non-hydrogen) atoms. The molecule has 3 nitrogen and oxygen atoms in total. The second kappa shape index (κ2) is 5.96. The van der Waals surface area contributed by atoms with Gasteiger partial charge in [-0.1, -0.05) is 30.4 Å². The van der Waals surface area contributed by atoms with Crippen molar-refractivity contribution in [3.63, 3.8) is 0 Å². The number of para-hydroxylation sites is 1. The van der Waals surface area contributed by atoms with E-state index in [2.05, 4.69) is 28.6 Å². The van der Waals surface area contributed by atoms with Gasteiger partial charge in [0.1, 0.15) is 13.1 Å². The molecule has 1 aliphatic rings. The maximum absolute atomic E-state index is 5.55. The van der Waals surface area contributed by atoms with Crippen molar-refractivity contribution in [3.05, 3.63) is 30.3 Å². The van der Waals surface area contributed by atoms with Crippen molar-refractivity contribution in [2.24, 2.45) is 0 Å². The molecule has 0 atom stereocenters. The number of benzene rings is 1. The van der Waals surface area contributed by atoms with Gasteiger partial charge in [0, 0.05) is 5.69 Å². The first kappa shape index (κ1) is 13.0. The molecule has 0 spiro atoms. The number of nitrogens with zero attached hydrogens (tertiary/aromatic N) is 2. The first-order valence-corrected chi connectivity index (χ1v) is 6.90. The largest absolute Gasteiger partial charge is 0.340 e. The number of hydrogen-bond donors (Lipinski definition) is 1. The lowest BCUT2D eigenvalue weighted by atomic mass is 10.3. The molecular formula is C14H20N3S+. The Morgan fingerprint density at radius 3 is 2.67 bits per heavy atom. The molecule has 0 aliphatic carbocycles. The monoisotopic (exact) mass is 262 g/mol. The van der Waals surface area contributed by atoms with Crippen LogP contribution in [0.25, 0.3) is 0 Å². The number of thiocarbonyl (C=S) groups is 1. The van der Waals surface area contributed by atoms with Crippen LogP contribution in [0.3, 0.4) is 0 Å². The SMILES string of the molecule is CCN1CC[N+](CC)=C1C(=S)Nc1ccccc1. The summed E-state index contributed by atoms with van der Waals surface area (Å²) in [6.45, 7) is 8.48. The highest BCUT2D eigenvalue weighted by molar-refractivity contribution is 7.82. The number of amidine groups is 1. The van der Waals surface area contributed by atoms with E-state index in [-0.39, 0.29) is 0 Å². The minimum atomic E-state index is 0.822. The molecule has 1 aromatic carbocycles. The van der Waals surface area contributed by atoms with Crippen LogP contribution in [0.4, 0.5) is 5.69 Å². The zero-order valence-corrected chi connectivity index (χ0v) is 11.8. The van der Waals surface area contributed by atoms with Gasteiger partial charge in [-0.15, -0.1) is 0 Å². The molecule has 0 amide bonds. The normalized spacial score (nSPS) is 15.1. The molecule has 0 saturated heterocycles. The van der Waals surface area contributed by atoms with E-state index in [0.717, 1.165) is 36.9 Å². The smallest absolute Gasteiger partial charge is 0.307 e. The van der Waals surface area contributed by atoms with Crippen molar-refractivity contribution in [1.29, 1.82) is 0 Å². The second-order valence-corrected chi connectivity index (χ2v) is 4.71. The third kappa shape index (κ3) is 2.70. The van der Waals surface area contributed by atoms with E-state index < -0.39 is 0 Å². The number of nitrogens with one attached hydrogen (secondary N) is 1. The first-order chi connectivity index (χ1) is 8.76. The summed E-state index contributed by atoms with van der Waals surface area (Å²) >= 11 is 5.55. The van der Waals surface area contributed by atoms with Gasteiger partial charge in [0.2, 0.25) is 0 Å². The van der Waals surface area contributed by atoms with Crippen LogP contribution in [0.2, 0.25) is 0 Å². The summed E-state index contributed by atoms with van der Waals surface area (Å²) in [6, 6.07) is 10.1. The van der Waals surface area contributed by atoms with Crippen LogP contribution >= 0.6 is 12.2 Å². The maximum atomic E-state index is 5.55. The summed E-state index contributed by atoms with van der Waals surface area (Å²) in [5.41, 5.74) is 1.05. The fraction of sp³-hybridized carbons (Fsp3) is 0.429. The molecule has 2 rings (SSSR count). The molecule has 1 aliphatic heterocycles. The summed E-state index contributed by atoms with van der Waals surface area (Å²) in [7, 11) is 0. The highest BCUT2D eigenvalue weighted by Crippen LogP contribution is 2.09. The standard InChI is InChI=1S/C14H19N3S/c1-3-16-10-11-17(4-2)14(16)13(18)15-12-8-6-5-7-9-12/h5-9H,3-4,10-11H2,1-2H3/p+1. The summed E-state index contributed by atoms with van der Waals surface area (Å²) in [5.74, 6) is 1.17. The van der Waals surface area contributed by atoms with E-state index in [0.29, 0.717) is 0 Å². The van der Waals surface area contributed by atoms with Gasteiger partial charge >= 0.3 is 5.84 Å². The Morgan fingerprint density at radius 2 is 2.06 bits per heavy atom. The van der Waals surface area contributed by atoms with E-state index in [4.69, 9.17) is 12.2 Å². The van der Waals surface area contributed by atoms with E-state index >= 15 is 0 Å². The lowest BCUT2D eigenvalue weighted by Gasteiger charge is -2.13. The van der Waals surface area contributed by atoms with Crippen LogP contribution in [-0.2, 0) is 0 Å². The van der Waals surface area contributed by atoms with Gasteiger partial charge in [0.15, 0.2) is 4.99 Å². The summed E-state index contributed by atoms with van der Waals surface area (Å²) < 4.78 is 2.34. The maximum Gasteiger partial charge on any atom is 0.307 e. The lowest BCUT2D eigenvalue weighted by Crippen LogP contribution is -2.38. The predicted molar refractivity (Wildman–Crippen MR) is 80.6 cm³/mol. The van der Waals surface area contributed by atoms with E-state index in [1.54, 1.807) is 0 Å². The van der Waals surface area contributed by atoms with Crippen molar-refractivity contribution < 1.29 is 4.58 Å². The average Bonchev–Trinajstić information content (AvgIpc) is 2.82. The summed E-state index contributed by atoms with van der Waals surface area (Å²) in [5, 5.41) is 3.32. The van der Waals surface area contributed by atoms with Gasteiger partial charge in [-0.3, -0.25) is 9.48 Å². The molecule has 1 heterocycles. The molecular weight excluding hydrogens is 242 g/mol. The number of anilines is 1. The van der Waals surface area contributed by atoms with Crippen molar-refractivity contribution in [2.75, 3.05) is 31.5 Å². The van der Waals surface area contributed by atoms with E-state index in [1.807, 2.05) is 30.3 Å². The quantitative estimate of drug-likeness (QED) is 0.663. The lowest BCUT2D eigenvalue weighted by molar-refractivity contribution is -0.512. The van der Waals surface area contributed by atoms with Crippen LogP contribution in [0.5, 0.6) is 0 Å². The van der Waals surface area contributed by atoms with E-state index in [9.17, 15) is 0 Å². The number of likely N-dealkylation sites (N-methyl/N-ethyl adjacent to an activating group) is 2. The van der Waals surface area contributed by atoms with Gasteiger partial charge in [0.05, 0.1) is 13.1 Å². The molecule has 0 aromatic heterocycles. The molecule has 96 valence electrons. The zero-order valence-electron chi connectivity index (χ0n) is 11.0. The fourth-order valence-electron chi connectivity index (χ4n) is 2.26. The van der Waals surface area contributed by atoms with Crippen molar-refractivity contribution in [2.45, 2.75) is 13.8 Å². The Morgan fingerprint density at radius 1 is 1.33 bits per heavy atom. The molecule has 0 unspecified atom stereocenters. The molecule has 4 heteroatoms. The van der Waals surface area contributed by atoms with Crippen LogP contribution in [0, 0.1) is 0 Å². The molecule has 0 radical (unpaired) electrons. The van der Waals surface area contributed by atoms with Gasteiger partial charge in [-0.25, -0.2) is 0 Å². The molecule has 0 saturated carbocycles. The topological polar surface area (TPSA) is 18.3 Å². The first-order valence-electron chi connectivity index (χ1n) is 6.49. The molecule has 1 N–H and O–H groups in total.